The first kappa shape index (κ1) is 14.4. The van der Waals surface area contributed by atoms with Gasteiger partial charge in [-0.05, 0) is 48.6 Å². The maximum absolute atomic E-state index is 6.01. The molecule has 1 unspecified atom stereocenters. The highest BCUT2D eigenvalue weighted by Crippen LogP contribution is 2.26. The topological polar surface area (TPSA) is 0 Å². The molecule has 0 aliphatic carbocycles. The predicted molar refractivity (Wildman–Crippen MR) is 85.5 cm³/mol. The van der Waals surface area contributed by atoms with Crippen LogP contribution < -0.4 is 0 Å². The lowest BCUT2D eigenvalue weighted by Crippen LogP contribution is -2.09. The molecule has 0 aliphatic heterocycles. The number of alkyl halides is 1. The molecule has 0 radical (unpaired) electrons. The van der Waals surface area contributed by atoms with Crippen LogP contribution >= 0.6 is 50.5 Å². The molecule has 0 bridgehead atoms. The zero-order valence-electron chi connectivity index (χ0n) is 9.70. The van der Waals surface area contributed by atoms with Crippen molar-refractivity contribution in [3.8, 4) is 0 Å². The molecule has 0 saturated heterocycles. The highest BCUT2D eigenvalue weighted by Gasteiger charge is 2.11. The van der Waals surface area contributed by atoms with E-state index in [2.05, 4.69) is 28.1 Å². The van der Waals surface area contributed by atoms with Gasteiger partial charge in [0.05, 0.1) is 4.34 Å². The van der Waals surface area contributed by atoms with E-state index in [0.29, 0.717) is 5.92 Å². The lowest BCUT2D eigenvalue weighted by atomic mass is 9.97. The molecule has 2 rings (SSSR count). The van der Waals surface area contributed by atoms with E-state index in [9.17, 15) is 0 Å². The number of hydrogen-bond donors (Lipinski definition) is 0. The van der Waals surface area contributed by atoms with Crippen LogP contribution in [-0.2, 0) is 12.8 Å². The first-order chi connectivity index (χ1) is 8.67. The smallest absolute Gasteiger partial charge is 0.0931 e. The van der Waals surface area contributed by atoms with Crippen LogP contribution in [-0.4, -0.2) is 5.33 Å². The van der Waals surface area contributed by atoms with Crippen molar-refractivity contribution in [1.29, 1.82) is 0 Å². The summed E-state index contributed by atoms with van der Waals surface area (Å²) in [4.78, 5) is 1.34. The zero-order valence-corrected chi connectivity index (χ0v) is 13.6. The normalized spacial score (nSPS) is 12.6. The molecule has 0 saturated carbocycles. The van der Waals surface area contributed by atoms with Crippen LogP contribution in [0, 0.1) is 5.92 Å². The summed E-state index contributed by atoms with van der Waals surface area (Å²) in [5.74, 6) is 0.568. The van der Waals surface area contributed by atoms with Gasteiger partial charge in [0, 0.05) is 15.2 Å². The van der Waals surface area contributed by atoms with Gasteiger partial charge in [-0.15, -0.1) is 11.3 Å². The van der Waals surface area contributed by atoms with E-state index in [1.54, 1.807) is 11.3 Å². The Morgan fingerprint density at radius 1 is 1.11 bits per heavy atom. The Bertz CT molecular complexity index is 510. The third-order valence-corrected chi connectivity index (χ3v) is 5.15. The Balaban J connectivity index is 2.01. The van der Waals surface area contributed by atoms with Crippen molar-refractivity contribution in [3.05, 3.63) is 56.2 Å². The third kappa shape index (κ3) is 4.27. The van der Waals surface area contributed by atoms with Crippen LogP contribution in [0.4, 0.5) is 0 Å². The molecule has 1 aromatic heterocycles. The molecule has 0 spiro atoms. The summed E-state index contributed by atoms with van der Waals surface area (Å²) >= 11 is 17.2. The van der Waals surface area contributed by atoms with E-state index < -0.39 is 0 Å². The SMILES string of the molecule is Clc1cccc(CC(CBr)Cc2ccc(Cl)s2)c1. The zero-order chi connectivity index (χ0) is 13.0. The maximum atomic E-state index is 6.01. The average Bonchev–Trinajstić information content (AvgIpc) is 2.74. The molecule has 0 N–H and O–H groups in total. The number of benzene rings is 1. The second-order valence-corrected chi connectivity index (χ2v) is 7.15. The van der Waals surface area contributed by atoms with Crippen molar-refractivity contribution in [1.82, 2.24) is 0 Å². The van der Waals surface area contributed by atoms with Crippen molar-refractivity contribution >= 4 is 50.5 Å². The highest BCUT2D eigenvalue weighted by molar-refractivity contribution is 9.09. The van der Waals surface area contributed by atoms with Gasteiger partial charge in [0.2, 0.25) is 0 Å². The predicted octanol–water partition coefficient (Wildman–Crippen LogP) is 5.85. The van der Waals surface area contributed by atoms with E-state index in [4.69, 9.17) is 23.2 Å². The van der Waals surface area contributed by atoms with E-state index >= 15 is 0 Å². The fourth-order valence-corrected chi connectivity index (χ4v) is 3.80. The number of thiophene rings is 1. The number of hydrogen-bond acceptors (Lipinski definition) is 1. The van der Waals surface area contributed by atoms with Crippen LogP contribution in [0.1, 0.15) is 10.4 Å². The third-order valence-electron chi connectivity index (χ3n) is 2.75. The molecular weight excluding hydrogens is 351 g/mol. The lowest BCUT2D eigenvalue weighted by Gasteiger charge is -2.13. The number of halogens is 3. The van der Waals surface area contributed by atoms with Gasteiger partial charge >= 0.3 is 0 Å². The van der Waals surface area contributed by atoms with Crippen molar-refractivity contribution in [3.63, 3.8) is 0 Å². The summed E-state index contributed by atoms with van der Waals surface area (Å²) in [5, 5.41) is 1.79. The number of rotatable bonds is 5. The molecule has 1 heterocycles. The van der Waals surface area contributed by atoms with E-state index in [-0.39, 0.29) is 0 Å². The largest absolute Gasteiger partial charge is 0.128 e. The monoisotopic (exact) mass is 362 g/mol. The van der Waals surface area contributed by atoms with Gasteiger partial charge in [0.25, 0.3) is 0 Å². The van der Waals surface area contributed by atoms with Gasteiger partial charge in [-0.3, -0.25) is 0 Å². The Morgan fingerprint density at radius 3 is 2.56 bits per heavy atom. The molecule has 0 amide bonds. The minimum absolute atomic E-state index is 0.568. The van der Waals surface area contributed by atoms with Gasteiger partial charge in [0.15, 0.2) is 0 Å². The van der Waals surface area contributed by atoms with Gasteiger partial charge < -0.3 is 0 Å². The summed E-state index contributed by atoms with van der Waals surface area (Å²) in [6.07, 6.45) is 2.08. The quantitative estimate of drug-likeness (QED) is 0.584. The molecule has 4 heteroatoms. The van der Waals surface area contributed by atoms with E-state index in [1.165, 1.54) is 10.4 Å². The molecule has 1 atom stereocenters. The Hall–Kier alpha value is -0.0200. The Morgan fingerprint density at radius 2 is 1.94 bits per heavy atom. The molecule has 0 nitrogen and oxygen atoms in total. The Kier molecular flexibility index (Phi) is 5.56. The molecule has 1 aromatic carbocycles. The van der Waals surface area contributed by atoms with Crippen molar-refractivity contribution in [2.45, 2.75) is 12.8 Å². The summed E-state index contributed by atoms with van der Waals surface area (Å²) in [5.41, 5.74) is 1.29. The van der Waals surface area contributed by atoms with Gasteiger partial charge in [-0.1, -0.05) is 51.3 Å². The summed E-state index contributed by atoms with van der Waals surface area (Å²) < 4.78 is 0.862. The minimum atomic E-state index is 0.568. The van der Waals surface area contributed by atoms with Crippen LogP contribution in [0.15, 0.2) is 36.4 Å². The molecule has 96 valence electrons. The van der Waals surface area contributed by atoms with Crippen molar-refractivity contribution in [2.24, 2.45) is 5.92 Å². The van der Waals surface area contributed by atoms with E-state index in [0.717, 1.165) is 27.5 Å². The van der Waals surface area contributed by atoms with Crippen LogP contribution in [0.5, 0.6) is 0 Å². The van der Waals surface area contributed by atoms with E-state index in [1.807, 2.05) is 24.3 Å². The summed E-state index contributed by atoms with van der Waals surface area (Å²) in [6, 6.07) is 12.2. The first-order valence-corrected chi connectivity index (χ1v) is 8.41. The van der Waals surface area contributed by atoms with Gasteiger partial charge in [0.1, 0.15) is 0 Å². The molecule has 0 aliphatic rings. The van der Waals surface area contributed by atoms with Crippen molar-refractivity contribution in [2.75, 3.05) is 5.33 Å². The molecular formula is C14H13BrCl2S. The summed E-state index contributed by atoms with van der Waals surface area (Å²) in [6.45, 7) is 0. The first-order valence-electron chi connectivity index (χ1n) is 5.72. The minimum Gasteiger partial charge on any atom is -0.128 e. The fraction of sp³-hybridized carbons (Fsp3) is 0.286. The van der Waals surface area contributed by atoms with Crippen LogP contribution in [0.25, 0.3) is 0 Å². The van der Waals surface area contributed by atoms with Crippen LogP contribution in [0.3, 0.4) is 0 Å². The maximum Gasteiger partial charge on any atom is 0.0931 e. The van der Waals surface area contributed by atoms with Gasteiger partial charge in [-0.2, -0.15) is 0 Å². The molecule has 18 heavy (non-hydrogen) atoms. The van der Waals surface area contributed by atoms with Gasteiger partial charge in [-0.25, -0.2) is 0 Å². The van der Waals surface area contributed by atoms with Crippen LogP contribution in [0.2, 0.25) is 9.36 Å². The molecule has 0 fully saturated rings. The van der Waals surface area contributed by atoms with Crippen molar-refractivity contribution < 1.29 is 0 Å². The molecule has 2 aromatic rings. The summed E-state index contributed by atoms with van der Waals surface area (Å²) in [7, 11) is 0. The Labute approximate surface area is 130 Å². The standard InChI is InChI=1S/C14H13BrCl2S/c15-9-11(8-13-4-5-14(17)18-13)6-10-2-1-3-12(16)7-10/h1-5,7,11H,6,8-9H2. The second-order valence-electron chi connectivity index (χ2n) is 4.26. The fourth-order valence-electron chi connectivity index (χ4n) is 1.92. The average molecular weight is 364 g/mol. The lowest BCUT2D eigenvalue weighted by molar-refractivity contribution is 0.596. The highest BCUT2D eigenvalue weighted by atomic mass is 79.9. The second kappa shape index (κ2) is 6.95.